The lowest BCUT2D eigenvalue weighted by molar-refractivity contribution is -0.171. The van der Waals surface area contributed by atoms with E-state index in [1.807, 2.05) is 5.32 Å². The maximum atomic E-state index is 14.0. The molecular formula is C26H24F6N4O2. The van der Waals surface area contributed by atoms with Crippen LogP contribution in [0.5, 0.6) is 0 Å². The average Bonchev–Trinajstić information content (AvgIpc) is 3.76. The first-order valence-electron chi connectivity index (χ1n) is 11.8. The summed E-state index contributed by atoms with van der Waals surface area (Å²) in [6.07, 6.45) is -10.1. The molecule has 12 heteroatoms. The Morgan fingerprint density at radius 2 is 1.45 bits per heavy atom. The van der Waals surface area contributed by atoms with Crippen LogP contribution < -0.4 is 16.4 Å². The molecule has 2 atom stereocenters. The summed E-state index contributed by atoms with van der Waals surface area (Å²) in [7, 11) is 0. The second-order valence-electron chi connectivity index (χ2n) is 9.84. The number of alkyl halides is 6. The molecule has 4 N–H and O–H groups in total. The molecule has 2 aromatic carbocycles. The molecule has 0 radical (unpaired) electrons. The number of nitrogens with one attached hydrogen (secondary N) is 2. The minimum Gasteiger partial charge on any atom is -0.369 e. The summed E-state index contributed by atoms with van der Waals surface area (Å²) in [5, 5.41) is 13.1. The van der Waals surface area contributed by atoms with Gasteiger partial charge in [-0.05, 0) is 47.9 Å². The molecule has 0 unspecified atom stereocenters. The van der Waals surface area contributed by atoms with Gasteiger partial charge in [0.05, 0.1) is 23.9 Å². The Hall–Kier alpha value is -3.59. The lowest BCUT2D eigenvalue weighted by Gasteiger charge is -2.28. The van der Waals surface area contributed by atoms with Crippen molar-refractivity contribution in [1.82, 2.24) is 10.6 Å². The molecule has 0 bridgehead atoms. The Bertz CT molecular complexity index is 1240. The first-order valence-corrected chi connectivity index (χ1v) is 11.8. The molecule has 4 rings (SSSR count). The Balaban J connectivity index is 1.55. The van der Waals surface area contributed by atoms with Gasteiger partial charge in [0.1, 0.15) is 11.6 Å². The van der Waals surface area contributed by atoms with Gasteiger partial charge in [0, 0.05) is 0 Å². The molecule has 0 aliphatic heterocycles. The Kier molecular flexibility index (Phi) is 6.95. The predicted molar refractivity (Wildman–Crippen MR) is 124 cm³/mol. The Labute approximate surface area is 214 Å². The first-order chi connectivity index (χ1) is 17.7. The van der Waals surface area contributed by atoms with E-state index in [2.05, 4.69) is 5.32 Å². The topological polar surface area (TPSA) is 108 Å². The highest BCUT2D eigenvalue weighted by Gasteiger charge is 2.50. The largest absolute Gasteiger partial charge is 0.407 e. The molecular weight excluding hydrogens is 514 g/mol. The number of hydrogen-bond acceptors (Lipinski definition) is 4. The number of hydrogen-bond donors (Lipinski definition) is 3. The summed E-state index contributed by atoms with van der Waals surface area (Å²) in [5.41, 5.74) is 5.02. The number of nitriles is 1. The van der Waals surface area contributed by atoms with Crippen LogP contribution in [0, 0.1) is 11.3 Å². The van der Waals surface area contributed by atoms with E-state index < -0.39 is 53.6 Å². The number of benzene rings is 2. The zero-order valence-corrected chi connectivity index (χ0v) is 19.9. The lowest BCUT2D eigenvalue weighted by atomic mass is 9.92. The van der Waals surface area contributed by atoms with Crippen LogP contribution in [-0.4, -0.2) is 35.7 Å². The van der Waals surface area contributed by atoms with Crippen LogP contribution in [0.3, 0.4) is 0 Å². The summed E-state index contributed by atoms with van der Waals surface area (Å²) in [6.45, 7) is 0. The Morgan fingerprint density at radius 1 is 0.921 bits per heavy atom. The number of amides is 2. The number of primary amides is 1. The monoisotopic (exact) mass is 538 g/mol. The van der Waals surface area contributed by atoms with E-state index in [0.717, 1.165) is 17.7 Å². The third-order valence-electron chi connectivity index (χ3n) is 7.01. The van der Waals surface area contributed by atoms with Crippen molar-refractivity contribution in [3.8, 4) is 17.2 Å². The Morgan fingerprint density at radius 3 is 1.84 bits per heavy atom. The van der Waals surface area contributed by atoms with E-state index in [1.54, 1.807) is 30.3 Å². The van der Waals surface area contributed by atoms with Gasteiger partial charge in [-0.15, -0.1) is 0 Å². The van der Waals surface area contributed by atoms with Gasteiger partial charge in [0.2, 0.25) is 11.8 Å². The molecule has 0 heterocycles. The molecule has 0 aromatic heterocycles. The van der Waals surface area contributed by atoms with E-state index in [4.69, 9.17) is 11.0 Å². The highest BCUT2D eigenvalue weighted by atomic mass is 19.4. The van der Waals surface area contributed by atoms with Crippen molar-refractivity contribution >= 4 is 11.8 Å². The number of rotatable bonds is 9. The van der Waals surface area contributed by atoms with Crippen molar-refractivity contribution in [3.63, 3.8) is 0 Å². The standard InChI is InChI=1S/C26H24F6N4O2/c27-25(28,29)13-19(21(37)36-23(14-33)9-10-23)35-20(26(30,31)32)17-3-1-15(2-4-17)16-5-7-18(8-6-16)24(11-12-24)22(34)38/h1-8,19-20,35H,9-13H2,(H2,34,38)(H,36,37)/t19-,20-/m0/s1. The average molecular weight is 538 g/mol. The van der Waals surface area contributed by atoms with Crippen LogP contribution in [0.4, 0.5) is 26.3 Å². The molecule has 2 aliphatic carbocycles. The third kappa shape index (κ3) is 5.93. The van der Waals surface area contributed by atoms with Gasteiger partial charge < -0.3 is 11.1 Å². The summed E-state index contributed by atoms with van der Waals surface area (Å²) >= 11 is 0. The molecule has 6 nitrogen and oxygen atoms in total. The fraction of sp³-hybridized carbons (Fsp3) is 0.423. The van der Waals surface area contributed by atoms with Gasteiger partial charge in [0.15, 0.2) is 0 Å². The number of carbonyl (C=O) groups excluding carboxylic acids is 2. The quantitative estimate of drug-likeness (QED) is 0.407. The van der Waals surface area contributed by atoms with Crippen molar-refractivity contribution in [2.24, 2.45) is 5.73 Å². The van der Waals surface area contributed by atoms with Crippen LogP contribution in [0.2, 0.25) is 0 Å². The molecule has 2 saturated carbocycles. The summed E-state index contributed by atoms with van der Waals surface area (Å²) < 4.78 is 81.3. The third-order valence-corrected chi connectivity index (χ3v) is 7.01. The van der Waals surface area contributed by atoms with Gasteiger partial charge in [-0.3, -0.25) is 14.9 Å². The number of carbonyl (C=O) groups is 2. The van der Waals surface area contributed by atoms with E-state index in [0.29, 0.717) is 24.0 Å². The molecule has 38 heavy (non-hydrogen) atoms. The van der Waals surface area contributed by atoms with Crippen LogP contribution >= 0.6 is 0 Å². The highest BCUT2D eigenvalue weighted by molar-refractivity contribution is 5.90. The van der Waals surface area contributed by atoms with Crippen molar-refractivity contribution < 1.29 is 35.9 Å². The van der Waals surface area contributed by atoms with E-state index in [-0.39, 0.29) is 18.4 Å². The summed E-state index contributed by atoms with van der Waals surface area (Å²) in [5.74, 6) is -1.74. The maximum Gasteiger partial charge on any atom is 0.407 e. The smallest absolute Gasteiger partial charge is 0.369 e. The molecule has 2 fully saturated rings. The van der Waals surface area contributed by atoms with Crippen LogP contribution in [0.25, 0.3) is 11.1 Å². The number of nitrogens with zero attached hydrogens (tertiary/aromatic N) is 1. The van der Waals surface area contributed by atoms with Gasteiger partial charge >= 0.3 is 12.4 Å². The number of halogens is 6. The van der Waals surface area contributed by atoms with Crippen molar-refractivity contribution in [3.05, 3.63) is 59.7 Å². The first kappa shape index (κ1) is 27.4. The van der Waals surface area contributed by atoms with E-state index in [9.17, 15) is 35.9 Å². The zero-order valence-electron chi connectivity index (χ0n) is 19.9. The van der Waals surface area contributed by atoms with Crippen molar-refractivity contribution in [2.45, 2.75) is 67.5 Å². The predicted octanol–water partition coefficient (Wildman–Crippen LogP) is 4.56. The number of nitrogens with two attached hydrogens (primary N) is 1. The van der Waals surface area contributed by atoms with Crippen LogP contribution in [0.15, 0.2) is 48.5 Å². The van der Waals surface area contributed by atoms with E-state index >= 15 is 0 Å². The minimum absolute atomic E-state index is 0.211. The molecule has 202 valence electrons. The molecule has 2 amide bonds. The molecule has 2 aromatic rings. The SMILES string of the molecule is N#CC1(NC(=O)[C@H](CC(F)(F)F)N[C@@H](c2ccc(-c3ccc(C4(C(N)=O)CC4)cc3)cc2)C(F)(F)F)CC1. The highest BCUT2D eigenvalue weighted by Crippen LogP contribution is 2.48. The normalized spacial score (nSPS) is 19.1. The van der Waals surface area contributed by atoms with Gasteiger partial charge in [-0.25, -0.2) is 0 Å². The van der Waals surface area contributed by atoms with Gasteiger partial charge in [0.25, 0.3) is 0 Å². The summed E-state index contributed by atoms with van der Waals surface area (Å²) in [6, 6.07) is 8.84. The minimum atomic E-state index is -5.02. The molecule has 0 spiro atoms. The molecule has 2 aliphatic rings. The van der Waals surface area contributed by atoms with Crippen LogP contribution in [-0.2, 0) is 15.0 Å². The summed E-state index contributed by atoms with van der Waals surface area (Å²) in [4.78, 5) is 24.2. The second-order valence-corrected chi connectivity index (χ2v) is 9.84. The lowest BCUT2D eigenvalue weighted by Crippen LogP contribution is -2.53. The zero-order chi connectivity index (χ0) is 27.9. The fourth-order valence-corrected chi connectivity index (χ4v) is 4.40. The fourth-order valence-electron chi connectivity index (χ4n) is 4.40. The van der Waals surface area contributed by atoms with Crippen LogP contribution in [0.1, 0.15) is 49.3 Å². The maximum absolute atomic E-state index is 14.0. The van der Waals surface area contributed by atoms with Crippen molar-refractivity contribution in [2.75, 3.05) is 0 Å². The molecule has 0 saturated heterocycles. The van der Waals surface area contributed by atoms with Gasteiger partial charge in [-0.2, -0.15) is 31.6 Å². The van der Waals surface area contributed by atoms with Gasteiger partial charge in [-0.1, -0.05) is 48.5 Å². The van der Waals surface area contributed by atoms with Crippen molar-refractivity contribution in [1.29, 1.82) is 5.26 Å². The second kappa shape index (κ2) is 9.62. The van der Waals surface area contributed by atoms with E-state index in [1.165, 1.54) is 12.1 Å².